The van der Waals surface area contributed by atoms with E-state index in [-0.39, 0.29) is 40.6 Å². The molecule has 3 aromatic rings. The van der Waals surface area contributed by atoms with Gasteiger partial charge in [-0.25, -0.2) is 9.36 Å². The van der Waals surface area contributed by atoms with Crippen molar-refractivity contribution in [1.29, 1.82) is 5.41 Å². The third-order valence-corrected chi connectivity index (χ3v) is 4.55. The zero-order valence-electron chi connectivity index (χ0n) is 14.1. The van der Waals surface area contributed by atoms with Crippen molar-refractivity contribution in [1.82, 2.24) is 14.1 Å². The molecule has 0 bridgehead atoms. The molecule has 0 unspecified atom stereocenters. The molecule has 3 rings (SSSR count). The number of nitrogens with one attached hydrogen (secondary N) is 1. The zero-order valence-corrected chi connectivity index (χ0v) is 15.0. The number of nitrogen functional groups attached to an aromatic ring is 1. The lowest BCUT2D eigenvalue weighted by atomic mass is 10.1. The van der Waals surface area contributed by atoms with Gasteiger partial charge < -0.3 is 10.8 Å². The fraction of sp³-hybridized carbons (Fsp3) is 0.118. The molecule has 0 aliphatic rings. The number of nitrogens with two attached hydrogens (primary N) is 1. The molecular weight excluding hydrogens is 395 g/mol. The SMILES string of the molecule is N=C(N)c1cnccc1Cn1cc(O)n(-c2ccc(SC(F)(F)F)cc2)c1=O. The largest absolute Gasteiger partial charge is 0.493 e. The van der Waals surface area contributed by atoms with Crippen molar-refractivity contribution in [3.63, 3.8) is 0 Å². The van der Waals surface area contributed by atoms with Gasteiger partial charge in [-0.15, -0.1) is 0 Å². The second kappa shape index (κ2) is 7.43. The molecule has 11 heteroatoms. The van der Waals surface area contributed by atoms with Gasteiger partial charge in [-0.2, -0.15) is 13.2 Å². The Hall–Kier alpha value is -3.21. The van der Waals surface area contributed by atoms with Crippen LogP contribution in [0.4, 0.5) is 13.2 Å². The molecule has 2 aromatic heterocycles. The van der Waals surface area contributed by atoms with E-state index in [2.05, 4.69) is 4.98 Å². The van der Waals surface area contributed by atoms with Crippen LogP contribution in [0.1, 0.15) is 11.1 Å². The van der Waals surface area contributed by atoms with Crippen molar-refractivity contribution in [2.45, 2.75) is 16.9 Å². The summed E-state index contributed by atoms with van der Waals surface area (Å²) in [5.74, 6) is -0.586. The van der Waals surface area contributed by atoms with Gasteiger partial charge in [0, 0.05) is 22.9 Å². The van der Waals surface area contributed by atoms with Gasteiger partial charge in [-0.1, -0.05) is 0 Å². The highest BCUT2D eigenvalue weighted by Crippen LogP contribution is 2.37. The van der Waals surface area contributed by atoms with Crippen LogP contribution in [0.25, 0.3) is 5.69 Å². The van der Waals surface area contributed by atoms with Gasteiger partial charge >= 0.3 is 11.2 Å². The zero-order chi connectivity index (χ0) is 20.5. The van der Waals surface area contributed by atoms with Crippen molar-refractivity contribution in [3.05, 3.63) is 70.5 Å². The second-order valence-corrected chi connectivity index (χ2v) is 6.86. The number of nitrogens with zero attached hydrogens (tertiary/aromatic N) is 3. The lowest BCUT2D eigenvalue weighted by Crippen LogP contribution is -2.24. The Morgan fingerprint density at radius 2 is 1.93 bits per heavy atom. The average Bonchev–Trinajstić information content (AvgIpc) is 2.88. The van der Waals surface area contributed by atoms with E-state index in [0.29, 0.717) is 11.1 Å². The Bertz CT molecular complexity index is 1070. The van der Waals surface area contributed by atoms with Crippen LogP contribution in [0.5, 0.6) is 5.88 Å². The smallest absolute Gasteiger partial charge is 0.446 e. The van der Waals surface area contributed by atoms with Crippen molar-refractivity contribution < 1.29 is 18.3 Å². The first-order valence-electron chi connectivity index (χ1n) is 7.80. The summed E-state index contributed by atoms with van der Waals surface area (Å²) in [6.07, 6.45) is 4.09. The number of alkyl halides is 3. The molecule has 0 radical (unpaired) electrons. The van der Waals surface area contributed by atoms with Gasteiger partial charge in [-0.05, 0) is 47.7 Å². The van der Waals surface area contributed by atoms with Crippen molar-refractivity contribution in [2.75, 3.05) is 0 Å². The molecule has 0 fully saturated rings. The van der Waals surface area contributed by atoms with Crippen LogP contribution in [0.2, 0.25) is 0 Å². The summed E-state index contributed by atoms with van der Waals surface area (Å²) in [6, 6.07) is 6.65. The van der Waals surface area contributed by atoms with Crippen LogP contribution in [0.15, 0.2) is 58.6 Å². The number of pyridine rings is 1. The quantitative estimate of drug-likeness (QED) is 0.341. The van der Waals surface area contributed by atoms with Crippen LogP contribution >= 0.6 is 11.8 Å². The van der Waals surface area contributed by atoms with Crippen LogP contribution < -0.4 is 11.4 Å². The molecule has 0 saturated heterocycles. The van der Waals surface area contributed by atoms with Crippen LogP contribution in [-0.4, -0.2) is 30.6 Å². The number of hydrogen-bond donors (Lipinski definition) is 3. The molecule has 1 aromatic carbocycles. The highest BCUT2D eigenvalue weighted by atomic mass is 32.2. The molecule has 2 heterocycles. The van der Waals surface area contributed by atoms with Gasteiger partial charge in [-0.3, -0.25) is 15.0 Å². The van der Waals surface area contributed by atoms with Gasteiger partial charge in [0.15, 0.2) is 0 Å². The summed E-state index contributed by atoms with van der Waals surface area (Å²) in [5.41, 5.74) is 1.63. The fourth-order valence-electron chi connectivity index (χ4n) is 2.62. The molecule has 4 N–H and O–H groups in total. The van der Waals surface area contributed by atoms with Crippen LogP contribution in [0, 0.1) is 5.41 Å². The molecule has 0 spiro atoms. The first kappa shape index (κ1) is 19.5. The van der Waals surface area contributed by atoms with E-state index in [4.69, 9.17) is 11.1 Å². The van der Waals surface area contributed by atoms with E-state index in [1.807, 2.05) is 0 Å². The lowest BCUT2D eigenvalue weighted by molar-refractivity contribution is -0.0328. The number of aromatic nitrogens is 3. The maximum atomic E-state index is 12.7. The second-order valence-electron chi connectivity index (χ2n) is 5.72. The number of aromatic hydroxyl groups is 1. The van der Waals surface area contributed by atoms with Gasteiger partial charge in [0.1, 0.15) is 5.84 Å². The summed E-state index contributed by atoms with van der Waals surface area (Å²) < 4.78 is 39.5. The Labute approximate surface area is 160 Å². The summed E-state index contributed by atoms with van der Waals surface area (Å²) in [4.78, 5) is 16.5. The minimum atomic E-state index is -4.41. The number of halogens is 3. The van der Waals surface area contributed by atoms with E-state index < -0.39 is 11.2 Å². The van der Waals surface area contributed by atoms with Crippen LogP contribution in [0.3, 0.4) is 0 Å². The molecule has 146 valence electrons. The van der Waals surface area contributed by atoms with E-state index in [0.717, 1.165) is 4.57 Å². The predicted molar refractivity (Wildman–Crippen MR) is 98.0 cm³/mol. The average molecular weight is 409 g/mol. The first-order chi connectivity index (χ1) is 13.2. The van der Waals surface area contributed by atoms with Crippen LogP contribution in [-0.2, 0) is 6.54 Å². The topological polar surface area (TPSA) is 110 Å². The number of hydrogen-bond acceptors (Lipinski definition) is 5. The number of imidazole rings is 1. The van der Waals surface area contributed by atoms with E-state index in [9.17, 15) is 23.1 Å². The molecule has 0 aliphatic carbocycles. The van der Waals surface area contributed by atoms with E-state index in [1.165, 1.54) is 47.4 Å². The van der Waals surface area contributed by atoms with Crippen molar-refractivity contribution in [3.8, 4) is 11.6 Å². The standard InChI is InChI=1S/C17H14F3N5O2S/c18-17(19,20)28-12-3-1-11(2-4-12)25-14(26)9-24(16(25)27)8-10-5-6-23-7-13(10)15(21)22/h1-7,9,26H,8H2,(H3,21,22). The van der Waals surface area contributed by atoms with Gasteiger partial charge in [0.25, 0.3) is 0 Å². The van der Waals surface area contributed by atoms with Gasteiger partial charge in [0.2, 0.25) is 5.88 Å². The first-order valence-corrected chi connectivity index (χ1v) is 8.62. The number of rotatable bonds is 5. The third-order valence-electron chi connectivity index (χ3n) is 3.81. The summed E-state index contributed by atoms with van der Waals surface area (Å²) >= 11 is -0.269. The van der Waals surface area contributed by atoms with Crippen molar-refractivity contribution in [2.24, 2.45) is 5.73 Å². The highest BCUT2D eigenvalue weighted by Gasteiger charge is 2.29. The fourth-order valence-corrected chi connectivity index (χ4v) is 3.16. The number of benzene rings is 1. The Kier molecular flexibility index (Phi) is 5.18. The Balaban J connectivity index is 1.93. The minimum Gasteiger partial charge on any atom is -0.493 e. The summed E-state index contributed by atoms with van der Waals surface area (Å²) in [6.45, 7) is 0.0266. The van der Waals surface area contributed by atoms with E-state index >= 15 is 0 Å². The molecule has 28 heavy (non-hydrogen) atoms. The Morgan fingerprint density at radius 1 is 1.25 bits per heavy atom. The maximum absolute atomic E-state index is 12.7. The van der Waals surface area contributed by atoms with E-state index in [1.54, 1.807) is 6.07 Å². The molecule has 0 amide bonds. The Morgan fingerprint density at radius 3 is 2.54 bits per heavy atom. The normalized spacial score (nSPS) is 11.5. The molecule has 0 aliphatic heterocycles. The number of thioether (sulfide) groups is 1. The molecule has 0 atom stereocenters. The monoisotopic (exact) mass is 409 g/mol. The van der Waals surface area contributed by atoms with Gasteiger partial charge in [0.05, 0.1) is 18.4 Å². The molecule has 0 saturated carbocycles. The predicted octanol–water partition coefficient (Wildman–Crippen LogP) is 2.68. The highest BCUT2D eigenvalue weighted by molar-refractivity contribution is 8.00. The maximum Gasteiger partial charge on any atom is 0.446 e. The summed E-state index contributed by atoms with van der Waals surface area (Å²) in [7, 11) is 0. The number of amidine groups is 1. The third kappa shape index (κ3) is 4.19. The minimum absolute atomic E-state index is 0.0266. The molecular formula is C17H14F3N5O2S. The molecule has 7 nitrogen and oxygen atoms in total. The lowest BCUT2D eigenvalue weighted by Gasteiger charge is -2.08. The van der Waals surface area contributed by atoms with Crippen molar-refractivity contribution >= 4 is 17.6 Å². The summed E-state index contributed by atoms with van der Waals surface area (Å²) in [5, 5.41) is 17.7.